The van der Waals surface area contributed by atoms with Crippen molar-refractivity contribution in [2.75, 3.05) is 5.32 Å². The third-order valence-electron chi connectivity index (χ3n) is 12.2. The number of nitrogens with zero attached hydrogens (tertiary/aromatic N) is 2. The van der Waals surface area contributed by atoms with Gasteiger partial charge in [-0.3, -0.25) is 25.5 Å². The molecule has 0 spiro atoms. The number of carbonyl (C=O) groups is 1. The first kappa shape index (κ1) is 31.5. The normalized spacial score (nSPS) is 33.9. The zero-order chi connectivity index (χ0) is 31.1. The average molecular weight is 596 g/mol. The first-order valence-electron chi connectivity index (χ1n) is 16.4. The molecule has 1 amide bonds. The molecule has 0 saturated heterocycles. The summed E-state index contributed by atoms with van der Waals surface area (Å²) in [5.41, 5.74) is 0.948. The van der Waals surface area contributed by atoms with Crippen LogP contribution in [0.3, 0.4) is 0 Å². The minimum Gasteiger partial charge on any atom is -0.446 e. The number of nitro groups is 2. The van der Waals surface area contributed by atoms with Gasteiger partial charge in [0, 0.05) is 24.6 Å². The van der Waals surface area contributed by atoms with Crippen LogP contribution in [0.4, 0.5) is 21.9 Å². The van der Waals surface area contributed by atoms with Crippen molar-refractivity contribution in [3.8, 4) is 0 Å². The van der Waals surface area contributed by atoms with Gasteiger partial charge in [0.15, 0.2) is 0 Å². The summed E-state index contributed by atoms with van der Waals surface area (Å²) in [6.07, 6.45) is 14.1. The molecule has 0 bridgehead atoms. The molecule has 9 nitrogen and oxygen atoms in total. The first-order valence-corrected chi connectivity index (χ1v) is 16.4. The van der Waals surface area contributed by atoms with Crippen LogP contribution in [0.1, 0.15) is 105 Å². The lowest BCUT2D eigenvalue weighted by molar-refractivity contribution is -0.388. The number of nitro benzene ring substituents is 2. The van der Waals surface area contributed by atoms with Gasteiger partial charge in [0.2, 0.25) is 0 Å². The molecular weight excluding hydrogens is 546 g/mol. The van der Waals surface area contributed by atoms with Crippen LogP contribution >= 0.6 is 0 Å². The van der Waals surface area contributed by atoms with Crippen LogP contribution in [0.25, 0.3) is 0 Å². The highest BCUT2D eigenvalue weighted by Crippen LogP contribution is 2.67. The molecule has 0 heterocycles. The monoisotopic (exact) mass is 595 g/mol. The molecule has 0 aromatic heterocycles. The molecule has 43 heavy (non-hydrogen) atoms. The van der Waals surface area contributed by atoms with E-state index in [-0.39, 0.29) is 22.9 Å². The minimum absolute atomic E-state index is 0.111. The maximum atomic E-state index is 12.8. The third kappa shape index (κ3) is 6.05. The Morgan fingerprint density at radius 1 is 1.02 bits per heavy atom. The lowest BCUT2D eigenvalue weighted by atomic mass is 9.47. The van der Waals surface area contributed by atoms with Crippen LogP contribution in [0, 0.1) is 66.6 Å². The fourth-order valence-corrected chi connectivity index (χ4v) is 9.94. The molecule has 4 aliphatic rings. The number of hydrogen-bond donors (Lipinski definition) is 1. The number of hydrogen-bond acceptors (Lipinski definition) is 6. The van der Waals surface area contributed by atoms with E-state index in [0.29, 0.717) is 17.8 Å². The van der Waals surface area contributed by atoms with Crippen LogP contribution < -0.4 is 5.32 Å². The van der Waals surface area contributed by atoms with Crippen molar-refractivity contribution >= 4 is 23.2 Å². The number of amides is 1. The van der Waals surface area contributed by atoms with Crippen molar-refractivity contribution in [2.45, 2.75) is 111 Å². The highest BCUT2D eigenvalue weighted by Gasteiger charge is 2.59. The third-order valence-corrected chi connectivity index (χ3v) is 12.2. The molecule has 0 aliphatic heterocycles. The van der Waals surface area contributed by atoms with Gasteiger partial charge in [0.05, 0.1) is 9.85 Å². The second-order valence-corrected chi connectivity index (χ2v) is 14.9. The van der Waals surface area contributed by atoms with E-state index in [9.17, 15) is 25.0 Å². The molecule has 1 N–H and O–H groups in total. The number of nitrogens with one attached hydrogen (secondary N) is 1. The molecule has 8 unspecified atom stereocenters. The standard InChI is InChI=1S/C34H49N3O6/c1-21(2)7-6-8-22(3)27-12-13-28-26-11-9-23-19-25(15-17-33(23,4)29(26)16-18-34(27,28)5)43-32(38)35-30-20-24(36(39)40)10-14-31(30)37(41)42/h9-10,14,20-22,25-29H,6-8,11-13,15-19H2,1-5H3,(H,35,38). The van der Waals surface area contributed by atoms with E-state index in [2.05, 4.69) is 46.0 Å². The zero-order valence-electron chi connectivity index (χ0n) is 26.5. The van der Waals surface area contributed by atoms with E-state index in [1.165, 1.54) is 50.5 Å². The van der Waals surface area contributed by atoms with E-state index >= 15 is 0 Å². The number of ether oxygens (including phenoxy) is 1. The number of non-ortho nitro benzene ring substituents is 1. The van der Waals surface area contributed by atoms with Crippen LogP contribution in [0.15, 0.2) is 29.8 Å². The first-order chi connectivity index (χ1) is 20.3. The summed E-state index contributed by atoms with van der Waals surface area (Å²) in [4.78, 5) is 34.1. The fourth-order valence-electron chi connectivity index (χ4n) is 9.94. The van der Waals surface area contributed by atoms with Crippen molar-refractivity contribution in [3.05, 3.63) is 50.1 Å². The second-order valence-electron chi connectivity index (χ2n) is 14.9. The van der Waals surface area contributed by atoms with E-state index in [1.807, 2.05) is 0 Å². The van der Waals surface area contributed by atoms with E-state index in [4.69, 9.17) is 4.74 Å². The molecule has 4 aliphatic carbocycles. The van der Waals surface area contributed by atoms with Gasteiger partial charge >= 0.3 is 6.09 Å². The Labute approximate surface area is 255 Å². The lowest BCUT2D eigenvalue weighted by Crippen LogP contribution is -2.51. The summed E-state index contributed by atoms with van der Waals surface area (Å²) in [5, 5.41) is 25.0. The molecule has 8 atom stereocenters. The van der Waals surface area contributed by atoms with Crippen molar-refractivity contribution in [2.24, 2.45) is 46.3 Å². The number of fused-ring (bicyclic) bond motifs is 5. The van der Waals surface area contributed by atoms with Crippen LogP contribution in [-0.4, -0.2) is 22.0 Å². The Bertz CT molecular complexity index is 1280. The van der Waals surface area contributed by atoms with Gasteiger partial charge in [-0.2, -0.15) is 0 Å². The summed E-state index contributed by atoms with van der Waals surface area (Å²) in [5.74, 6) is 4.55. The molecule has 3 saturated carbocycles. The number of allylic oxidation sites excluding steroid dienone is 1. The van der Waals surface area contributed by atoms with Gasteiger partial charge in [0.25, 0.3) is 11.4 Å². The number of benzene rings is 1. The largest absolute Gasteiger partial charge is 0.446 e. The summed E-state index contributed by atoms with van der Waals surface area (Å²) in [6.45, 7) is 12.2. The molecular formula is C34H49N3O6. The molecule has 1 aromatic carbocycles. The van der Waals surface area contributed by atoms with Crippen LogP contribution in [0.5, 0.6) is 0 Å². The Balaban J connectivity index is 1.23. The van der Waals surface area contributed by atoms with Crippen molar-refractivity contribution in [1.29, 1.82) is 0 Å². The van der Waals surface area contributed by atoms with Crippen molar-refractivity contribution in [3.63, 3.8) is 0 Å². The highest BCUT2D eigenvalue weighted by atomic mass is 16.6. The van der Waals surface area contributed by atoms with Crippen molar-refractivity contribution in [1.82, 2.24) is 0 Å². The summed E-state index contributed by atoms with van der Waals surface area (Å²) >= 11 is 0. The van der Waals surface area contributed by atoms with E-state index in [1.54, 1.807) is 0 Å². The molecule has 5 rings (SSSR count). The SMILES string of the molecule is CC(C)CCCC(C)C1CCC2C3CC=C4CC(OC(=O)Nc5cc([N+](=O)[O-])ccc5[N+](=O)[O-])CCC4(C)C3CCC12C. The molecule has 3 fully saturated rings. The lowest BCUT2D eigenvalue weighted by Gasteiger charge is -2.58. The van der Waals surface area contributed by atoms with E-state index in [0.717, 1.165) is 67.1 Å². The van der Waals surface area contributed by atoms with Gasteiger partial charge in [0.1, 0.15) is 11.8 Å². The molecule has 1 aromatic rings. The van der Waals surface area contributed by atoms with Crippen LogP contribution in [-0.2, 0) is 4.74 Å². The van der Waals surface area contributed by atoms with Gasteiger partial charge in [-0.1, -0.05) is 65.5 Å². The highest BCUT2D eigenvalue weighted by molar-refractivity contribution is 5.88. The maximum Gasteiger partial charge on any atom is 0.412 e. The number of anilines is 1. The van der Waals surface area contributed by atoms with E-state index < -0.39 is 21.6 Å². The quantitative estimate of drug-likeness (QED) is 0.172. The Kier molecular flexibility index (Phi) is 8.92. The number of rotatable bonds is 9. The Morgan fingerprint density at radius 2 is 1.79 bits per heavy atom. The van der Waals surface area contributed by atoms with Crippen molar-refractivity contribution < 1.29 is 19.4 Å². The summed E-state index contributed by atoms with van der Waals surface area (Å²) < 4.78 is 5.75. The topological polar surface area (TPSA) is 125 Å². The average Bonchev–Trinajstić information content (AvgIpc) is 3.30. The minimum atomic E-state index is -0.820. The summed E-state index contributed by atoms with van der Waals surface area (Å²) in [6, 6.07) is 3.07. The number of carbonyl (C=O) groups excluding carboxylic acids is 1. The fraction of sp³-hybridized carbons (Fsp3) is 0.735. The van der Waals surface area contributed by atoms with Crippen LogP contribution in [0.2, 0.25) is 0 Å². The van der Waals surface area contributed by atoms with Gasteiger partial charge in [-0.15, -0.1) is 0 Å². The maximum absolute atomic E-state index is 12.8. The van der Waals surface area contributed by atoms with Gasteiger partial charge < -0.3 is 4.74 Å². The van der Waals surface area contributed by atoms with Gasteiger partial charge in [-0.05, 0) is 91.3 Å². The predicted octanol–water partition coefficient (Wildman–Crippen LogP) is 9.46. The Morgan fingerprint density at radius 3 is 2.49 bits per heavy atom. The molecule has 0 radical (unpaired) electrons. The Hall–Kier alpha value is -2.97. The summed E-state index contributed by atoms with van der Waals surface area (Å²) in [7, 11) is 0. The second kappa shape index (κ2) is 12.2. The predicted molar refractivity (Wildman–Crippen MR) is 167 cm³/mol. The zero-order valence-corrected chi connectivity index (χ0v) is 26.5. The van der Waals surface area contributed by atoms with Gasteiger partial charge in [-0.25, -0.2) is 4.79 Å². The molecule has 236 valence electrons. The smallest absolute Gasteiger partial charge is 0.412 e. The molecule has 9 heteroatoms.